The van der Waals surface area contributed by atoms with Crippen LogP contribution in [0.1, 0.15) is 18.9 Å². The second-order valence-corrected chi connectivity index (χ2v) is 6.13. The van der Waals surface area contributed by atoms with Gasteiger partial charge in [-0.1, -0.05) is 30.3 Å². The quantitative estimate of drug-likeness (QED) is 0.581. The first kappa shape index (κ1) is 15.7. The third-order valence-electron chi connectivity index (χ3n) is 4.08. The van der Waals surface area contributed by atoms with Crippen LogP contribution >= 0.6 is 0 Å². The Morgan fingerprint density at radius 3 is 2.78 bits per heavy atom. The molecule has 1 unspecified atom stereocenters. The van der Waals surface area contributed by atoms with Crippen molar-refractivity contribution in [3.05, 3.63) is 58.4 Å². The van der Waals surface area contributed by atoms with E-state index in [1.54, 1.807) is 13.0 Å². The average Bonchev–Trinajstić information content (AvgIpc) is 2.52. The van der Waals surface area contributed by atoms with Crippen molar-refractivity contribution in [1.82, 2.24) is 4.90 Å². The van der Waals surface area contributed by atoms with Gasteiger partial charge in [-0.3, -0.25) is 0 Å². The topological polar surface area (TPSA) is 53.7 Å². The van der Waals surface area contributed by atoms with Gasteiger partial charge in [-0.05, 0) is 42.8 Å². The summed E-state index contributed by atoms with van der Waals surface area (Å²) in [6.07, 6.45) is 0.382. The first-order chi connectivity index (χ1) is 11.0. The smallest absolute Gasteiger partial charge is 0.336 e. The Hall–Kier alpha value is -2.17. The molecular weight excluding hydrogens is 290 g/mol. The lowest BCUT2D eigenvalue weighted by atomic mass is 10.0. The zero-order valence-corrected chi connectivity index (χ0v) is 13.5. The van der Waals surface area contributed by atoms with Crippen molar-refractivity contribution in [2.45, 2.75) is 26.0 Å². The number of hydrogen-bond donors (Lipinski definition) is 1. The molecule has 0 amide bonds. The standard InChI is InChI=1S/C19H21NO3/c1-13(21)9-10-20(2)12-15-11-18(22)23-17-8-7-14-5-3-4-6-16(14)19(15)17/h3-8,11,13,21H,9-10,12H2,1-2H3. The van der Waals surface area contributed by atoms with E-state index < -0.39 is 0 Å². The van der Waals surface area contributed by atoms with Gasteiger partial charge in [-0.25, -0.2) is 4.79 Å². The Balaban J connectivity index is 2.08. The highest BCUT2D eigenvalue weighted by atomic mass is 16.4. The van der Waals surface area contributed by atoms with Crippen molar-refractivity contribution < 1.29 is 9.52 Å². The number of aliphatic hydroxyl groups excluding tert-OH is 1. The number of fused-ring (bicyclic) bond motifs is 3. The zero-order chi connectivity index (χ0) is 16.4. The van der Waals surface area contributed by atoms with Gasteiger partial charge in [0, 0.05) is 24.5 Å². The van der Waals surface area contributed by atoms with Crippen LogP contribution in [0.3, 0.4) is 0 Å². The van der Waals surface area contributed by atoms with E-state index in [1.165, 1.54) is 0 Å². The summed E-state index contributed by atoms with van der Waals surface area (Å²) in [5.41, 5.74) is 1.25. The highest BCUT2D eigenvalue weighted by molar-refractivity contribution is 6.07. The van der Waals surface area contributed by atoms with E-state index in [9.17, 15) is 9.90 Å². The Labute approximate surface area is 135 Å². The number of hydrogen-bond acceptors (Lipinski definition) is 4. The molecule has 3 rings (SSSR count). The molecule has 4 heteroatoms. The molecule has 1 N–H and O–H groups in total. The Bertz CT molecular complexity index is 883. The molecule has 2 aromatic carbocycles. The lowest BCUT2D eigenvalue weighted by Gasteiger charge is -2.18. The Kier molecular flexibility index (Phi) is 4.46. The Morgan fingerprint density at radius 1 is 1.22 bits per heavy atom. The van der Waals surface area contributed by atoms with Gasteiger partial charge in [0.1, 0.15) is 5.58 Å². The van der Waals surface area contributed by atoms with Crippen LogP contribution in [-0.4, -0.2) is 29.7 Å². The largest absolute Gasteiger partial charge is 0.423 e. The lowest BCUT2D eigenvalue weighted by molar-refractivity contribution is 0.163. The second-order valence-electron chi connectivity index (χ2n) is 6.13. The molecule has 0 aliphatic rings. The minimum atomic E-state index is -0.327. The molecule has 0 saturated carbocycles. The molecule has 0 spiro atoms. The van der Waals surface area contributed by atoms with Crippen molar-refractivity contribution >= 4 is 21.7 Å². The summed E-state index contributed by atoms with van der Waals surface area (Å²) < 4.78 is 5.38. The summed E-state index contributed by atoms with van der Waals surface area (Å²) in [7, 11) is 1.99. The number of benzene rings is 2. The maximum Gasteiger partial charge on any atom is 0.336 e. The molecule has 3 aromatic rings. The van der Waals surface area contributed by atoms with Crippen molar-refractivity contribution in [3.63, 3.8) is 0 Å². The van der Waals surface area contributed by atoms with Gasteiger partial charge < -0.3 is 14.4 Å². The van der Waals surface area contributed by atoms with Crippen molar-refractivity contribution in [1.29, 1.82) is 0 Å². The van der Waals surface area contributed by atoms with E-state index in [4.69, 9.17) is 4.42 Å². The van der Waals surface area contributed by atoms with Crippen molar-refractivity contribution in [3.8, 4) is 0 Å². The minimum absolute atomic E-state index is 0.323. The molecule has 0 aliphatic carbocycles. The van der Waals surface area contributed by atoms with Crippen LogP contribution in [0.4, 0.5) is 0 Å². The molecule has 1 atom stereocenters. The molecule has 0 saturated heterocycles. The van der Waals surface area contributed by atoms with E-state index in [0.717, 1.165) is 28.3 Å². The van der Waals surface area contributed by atoms with E-state index in [2.05, 4.69) is 17.0 Å². The Morgan fingerprint density at radius 2 is 2.00 bits per heavy atom. The van der Waals surface area contributed by atoms with Crippen LogP contribution in [0.5, 0.6) is 0 Å². The fourth-order valence-electron chi connectivity index (χ4n) is 2.92. The predicted octanol–water partition coefficient (Wildman–Crippen LogP) is 3.15. The molecule has 1 heterocycles. The summed E-state index contributed by atoms with van der Waals surface area (Å²) in [6, 6.07) is 13.5. The molecule has 0 fully saturated rings. The van der Waals surface area contributed by atoms with Crippen molar-refractivity contribution in [2.75, 3.05) is 13.6 Å². The van der Waals surface area contributed by atoms with Crippen LogP contribution in [0, 0.1) is 0 Å². The van der Waals surface area contributed by atoms with Crippen LogP contribution < -0.4 is 5.63 Å². The minimum Gasteiger partial charge on any atom is -0.423 e. The van der Waals surface area contributed by atoms with E-state index in [-0.39, 0.29) is 11.7 Å². The highest BCUT2D eigenvalue weighted by Gasteiger charge is 2.11. The molecule has 120 valence electrons. The number of rotatable bonds is 5. The van der Waals surface area contributed by atoms with E-state index >= 15 is 0 Å². The van der Waals surface area contributed by atoms with Gasteiger partial charge in [0.15, 0.2) is 0 Å². The van der Waals surface area contributed by atoms with Gasteiger partial charge in [-0.15, -0.1) is 0 Å². The van der Waals surface area contributed by atoms with Crippen LogP contribution in [0.15, 0.2) is 51.7 Å². The summed E-state index contributed by atoms with van der Waals surface area (Å²) in [6.45, 7) is 3.20. The summed E-state index contributed by atoms with van der Waals surface area (Å²) in [5, 5.41) is 12.6. The number of nitrogens with zero attached hydrogens (tertiary/aromatic N) is 1. The van der Waals surface area contributed by atoms with Crippen LogP contribution in [0.2, 0.25) is 0 Å². The first-order valence-corrected chi connectivity index (χ1v) is 7.85. The maximum atomic E-state index is 11.9. The fraction of sp³-hybridized carbons (Fsp3) is 0.316. The average molecular weight is 311 g/mol. The van der Waals surface area contributed by atoms with Crippen molar-refractivity contribution in [2.24, 2.45) is 0 Å². The van der Waals surface area contributed by atoms with E-state index in [1.807, 2.05) is 31.3 Å². The third-order valence-corrected chi connectivity index (χ3v) is 4.08. The third kappa shape index (κ3) is 3.44. The van der Waals surface area contributed by atoms with Crippen LogP contribution in [-0.2, 0) is 6.54 Å². The molecule has 0 radical (unpaired) electrons. The second kappa shape index (κ2) is 6.52. The first-order valence-electron chi connectivity index (χ1n) is 7.85. The molecule has 0 aliphatic heterocycles. The fourth-order valence-corrected chi connectivity index (χ4v) is 2.92. The number of aliphatic hydroxyl groups is 1. The summed E-state index contributed by atoms with van der Waals surface area (Å²) >= 11 is 0. The monoisotopic (exact) mass is 311 g/mol. The summed E-state index contributed by atoms with van der Waals surface area (Å²) in [4.78, 5) is 14.0. The maximum absolute atomic E-state index is 11.9. The normalized spacial score (nSPS) is 13.0. The molecule has 1 aromatic heterocycles. The zero-order valence-electron chi connectivity index (χ0n) is 13.5. The summed E-state index contributed by atoms with van der Waals surface area (Å²) in [5.74, 6) is 0. The molecular formula is C19H21NO3. The van der Waals surface area contributed by atoms with Gasteiger partial charge in [-0.2, -0.15) is 0 Å². The predicted molar refractivity (Wildman–Crippen MR) is 92.6 cm³/mol. The molecule has 0 bridgehead atoms. The van der Waals surface area contributed by atoms with E-state index in [0.29, 0.717) is 18.5 Å². The lowest BCUT2D eigenvalue weighted by Crippen LogP contribution is -2.22. The van der Waals surface area contributed by atoms with Gasteiger partial charge >= 0.3 is 5.63 Å². The molecule has 23 heavy (non-hydrogen) atoms. The van der Waals surface area contributed by atoms with Gasteiger partial charge in [0.2, 0.25) is 0 Å². The molecule has 4 nitrogen and oxygen atoms in total. The SMILES string of the molecule is CC(O)CCN(C)Cc1cc(=O)oc2ccc3ccccc3c12. The van der Waals surface area contributed by atoms with Gasteiger partial charge in [0.05, 0.1) is 6.10 Å². The highest BCUT2D eigenvalue weighted by Crippen LogP contribution is 2.27. The van der Waals surface area contributed by atoms with Crippen LogP contribution in [0.25, 0.3) is 21.7 Å². The van der Waals surface area contributed by atoms with Gasteiger partial charge in [0.25, 0.3) is 0 Å².